The van der Waals surface area contributed by atoms with Gasteiger partial charge in [0.1, 0.15) is 0 Å². The van der Waals surface area contributed by atoms with Crippen molar-refractivity contribution in [3.05, 3.63) is 0 Å². The van der Waals surface area contributed by atoms with E-state index in [0.717, 1.165) is 6.42 Å². The molecule has 1 rings (SSSR count). The van der Waals surface area contributed by atoms with E-state index >= 15 is 0 Å². The molecule has 1 saturated carbocycles. The van der Waals surface area contributed by atoms with E-state index in [9.17, 15) is 0 Å². The predicted octanol–water partition coefficient (Wildman–Crippen LogP) is 3.03. The quantitative estimate of drug-likeness (QED) is 0.696. The summed E-state index contributed by atoms with van der Waals surface area (Å²) in [6.45, 7) is 11.3. The molecule has 0 radical (unpaired) electrons. The lowest BCUT2D eigenvalue weighted by Gasteiger charge is -2.51. The monoisotopic (exact) mass is 203 g/mol. The first kappa shape index (κ1) is 11.3. The maximum absolute atomic E-state index is 6.16. The fraction of sp³-hybridized carbons (Fsp3) is 1.00. The van der Waals surface area contributed by atoms with Crippen LogP contribution in [0.3, 0.4) is 0 Å². The Hall–Kier alpha value is 0.250. The third kappa shape index (κ3) is 2.19. The molecule has 1 aliphatic rings. The van der Waals surface area contributed by atoms with Crippen LogP contribution in [0.15, 0.2) is 0 Å². The molecule has 78 valence electrons. The van der Waals surface area contributed by atoms with E-state index in [1.807, 2.05) is 0 Å². The summed E-state index contributed by atoms with van der Waals surface area (Å²) < 4.78 is 0. The largest absolute Gasteiger partial charge is 0.311 e. The Bertz CT molecular complexity index is 177. The summed E-state index contributed by atoms with van der Waals surface area (Å²) >= 11 is 6.16. The van der Waals surface area contributed by atoms with Crippen molar-refractivity contribution in [2.24, 2.45) is 11.3 Å². The van der Waals surface area contributed by atoms with Crippen molar-refractivity contribution >= 4 is 11.6 Å². The molecule has 2 heteroatoms. The molecule has 0 aliphatic heterocycles. The maximum Gasteiger partial charge on any atom is 0.0416 e. The average Bonchev–Trinajstić information content (AvgIpc) is 2.03. The van der Waals surface area contributed by atoms with Crippen molar-refractivity contribution in [2.75, 3.05) is 0 Å². The molecule has 13 heavy (non-hydrogen) atoms. The van der Waals surface area contributed by atoms with Crippen LogP contribution in [0, 0.1) is 11.3 Å². The van der Waals surface area contributed by atoms with Gasteiger partial charge in [-0.1, -0.05) is 27.7 Å². The van der Waals surface area contributed by atoms with Crippen molar-refractivity contribution in [3.8, 4) is 0 Å². The summed E-state index contributed by atoms with van der Waals surface area (Å²) in [5.41, 5.74) is 0.269. The first-order valence-corrected chi connectivity index (χ1v) is 5.69. The van der Waals surface area contributed by atoms with Gasteiger partial charge in [-0.25, -0.2) is 0 Å². The van der Waals surface area contributed by atoms with Crippen LogP contribution in [0.4, 0.5) is 0 Å². The minimum atomic E-state index is 0.269. The van der Waals surface area contributed by atoms with Gasteiger partial charge < -0.3 is 5.32 Å². The zero-order chi connectivity index (χ0) is 10.2. The highest BCUT2D eigenvalue weighted by Gasteiger charge is 2.47. The van der Waals surface area contributed by atoms with Crippen molar-refractivity contribution in [3.63, 3.8) is 0 Å². The van der Waals surface area contributed by atoms with Gasteiger partial charge >= 0.3 is 0 Å². The minimum absolute atomic E-state index is 0.269. The molecule has 1 N–H and O–H groups in total. The van der Waals surface area contributed by atoms with Gasteiger partial charge in [-0.3, -0.25) is 0 Å². The first-order valence-electron chi connectivity index (χ1n) is 5.25. The van der Waals surface area contributed by atoms with Gasteiger partial charge in [-0.15, -0.1) is 11.6 Å². The van der Waals surface area contributed by atoms with Gasteiger partial charge in [0, 0.05) is 17.5 Å². The number of hydrogen-bond donors (Lipinski definition) is 1. The molecular formula is C11H22ClN. The highest BCUT2D eigenvalue weighted by atomic mass is 35.5. The molecule has 0 aromatic heterocycles. The van der Waals surface area contributed by atoms with E-state index < -0.39 is 0 Å². The number of nitrogens with one attached hydrogen (secondary N) is 1. The second kappa shape index (κ2) is 3.78. The zero-order valence-electron chi connectivity index (χ0n) is 9.39. The van der Waals surface area contributed by atoms with Gasteiger partial charge in [0.15, 0.2) is 0 Å². The summed E-state index contributed by atoms with van der Waals surface area (Å²) in [6.07, 6.45) is 1.12. The van der Waals surface area contributed by atoms with Crippen LogP contribution in [0.2, 0.25) is 0 Å². The van der Waals surface area contributed by atoms with E-state index in [1.165, 1.54) is 0 Å². The van der Waals surface area contributed by atoms with E-state index in [0.29, 0.717) is 23.4 Å². The van der Waals surface area contributed by atoms with Crippen LogP contribution in [-0.2, 0) is 0 Å². The molecule has 1 fully saturated rings. The van der Waals surface area contributed by atoms with Crippen molar-refractivity contribution in [2.45, 2.75) is 58.5 Å². The fourth-order valence-electron chi connectivity index (χ4n) is 1.66. The van der Waals surface area contributed by atoms with E-state index in [1.54, 1.807) is 0 Å². The Morgan fingerprint density at radius 1 is 1.31 bits per heavy atom. The van der Waals surface area contributed by atoms with Crippen LogP contribution in [0.5, 0.6) is 0 Å². The predicted molar refractivity (Wildman–Crippen MR) is 59.3 cm³/mol. The van der Waals surface area contributed by atoms with Crippen molar-refractivity contribution in [1.29, 1.82) is 0 Å². The highest BCUT2D eigenvalue weighted by Crippen LogP contribution is 2.44. The highest BCUT2D eigenvalue weighted by molar-refractivity contribution is 6.21. The normalized spacial score (nSPS) is 34.4. The molecule has 0 heterocycles. The fourth-order valence-corrected chi connectivity index (χ4v) is 2.00. The molecule has 1 aliphatic carbocycles. The van der Waals surface area contributed by atoms with Crippen LogP contribution >= 0.6 is 11.6 Å². The molecule has 3 atom stereocenters. The van der Waals surface area contributed by atoms with Gasteiger partial charge in [-0.2, -0.15) is 0 Å². The van der Waals surface area contributed by atoms with Crippen molar-refractivity contribution < 1.29 is 0 Å². The molecule has 0 saturated heterocycles. The van der Waals surface area contributed by atoms with Gasteiger partial charge in [0.05, 0.1) is 0 Å². The Balaban J connectivity index is 2.40. The maximum atomic E-state index is 6.16. The molecule has 0 spiro atoms. The average molecular weight is 204 g/mol. The van der Waals surface area contributed by atoms with Crippen LogP contribution in [0.25, 0.3) is 0 Å². The van der Waals surface area contributed by atoms with Crippen molar-refractivity contribution in [1.82, 2.24) is 5.32 Å². The zero-order valence-corrected chi connectivity index (χ0v) is 10.2. The number of hydrogen-bond acceptors (Lipinski definition) is 1. The topological polar surface area (TPSA) is 12.0 Å². The summed E-state index contributed by atoms with van der Waals surface area (Å²) in [5, 5.41) is 4.00. The number of alkyl halides is 1. The summed E-state index contributed by atoms with van der Waals surface area (Å²) in [5.74, 6) is 0.699. The van der Waals surface area contributed by atoms with Crippen LogP contribution < -0.4 is 5.32 Å². The summed E-state index contributed by atoms with van der Waals surface area (Å²) in [7, 11) is 0. The van der Waals surface area contributed by atoms with Crippen LogP contribution in [-0.4, -0.2) is 17.5 Å². The Labute approximate surface area is 87.2 Å². The molecule has 0 amide bonds. The van der Waals surface area contributed by atoms with Crippen LogP contribution in [0.1, 0.15) is 41.0 Å². The van der Waals surface area contributed by atoms with E-state index in [-0.39, 0.29) is 5.41 Å². The second-order valence-corrected chi connectivity index (χ2v) is 5.80. The minimum Gasteiger partial charge on any atom is -0.311 e. The van der Waals surface area contributed by atoms with Gasteiger partial charge in [0.25, 0.3) is 0 Å². The molecule has 3 unspecified atom stereocenters. The third-order valence-corrected chi connectivity index (χ3v) is 4.35. The second-order valence-electron chi connectivity index (χ2n) is 5.28. The SMILES string of the molecule is CC(C)C(C)NC1CC(Cl)C1(C)C. The smallest absolute Gasteiger partial charge is 0.0416 e. The molecule has 0 aromatic carbocycles. The lowest BCUT2D eigenvalue weighted by atomic mass is 9.66. The van der Waals surface area contributed by atoms with E-state index in [4.69, 9.17) is 11.6 Å². The Morgan fingerprint density at radius 2 is 1.85 bits per heavy atom. The molecule has 0 bridgehead atoms. The molecule has 0 aromatic rings. The lowest BCUT2D eigenvalue weighted by Crippen LogP contribution is -2.60. The third-order valence-electron chi connectivity index (χ3n) is 3.61. The Kier molecular flexibility index (Phi) is 3.29. The van der Waals surface area contributed by atoms with Gasteiger partial charge in [0.2, 0.25) is 0 Å². The Morgan fingerprint density at radius 3 is 2.15 bits per heavy atom. The first-order chi connectivity index (χ1) is 5.85. The standard InChI is InChI=1S/C11H22ClN/c1-7(2)8(3)13-10-6-9(12)11(10,4)5/h7-10,13H,6H2,1-5H3. The summed E-state index contributed by atoms with van der Waals surface area (Å²) in [6, 6.07) is 1.20. The number of rotatable bonds is 3. The van der Waals surface area contributed by atoms with Gasteiger partial charge in [-0.05, 0) is 24.7 Å². The summed E-state index contributed by atoms with van der Waals surface area (Å²) in [4.78, 5) is 0. The van der Waals surface area contributed by atoms with E-state index in [2.05, 4.69) is 39.9 Å². The number of halogens is 1. The molecule has 1 nitrogen and oxygen atoms in total. The molecular weight excluding hydrogens is 182 g/mol. The lowest BCUT2D eigenvalue weighted by molar-refractivity contribution is 0.101.